The Kier molecular flexibility index (Phi) is 4.71. The Labute approximate surface area is 94.1 Å². The molecule has 0 saturated heterocycles. The quantitative estimate of drug-likeness (QED) is 0.815. The highest BCUT2D eigenvalue weighted by Crippen LogP contribution is 2.08. The molecule has 0 fully saturated rings. The zero-order chi connectivity index (χ0) is 11.1. The van der Waals surface area contributed by atoms with Crippen molar-refractivity contribution in [3.05, 3.63) is 47.1 Å². The second-order valence-electron chi connectivity index (χ2n) is 2.95. The number of carbonyl (C=O) groups is 1. The monoisotopic (exact) mass is 224 g/mol. The maximum atomic E-state index is 11.1. The molecule has 1 aromatic carbocycles. The lowest BCUT2D eigenvalue weighted by atomic mass is 10.2. The molecule has 0 bridgehead atoms. The summed E-state index contributed by atoms with van der Waals surface area (Å²) in [6.45, 7) is 2.32. The number of carbonyl (C=O) groups excluding carboxylic acids is 1. The Bertz CT molecular complexity index is 346. The summed E-state index contributed by atoms with van der Waals surface area (Å²) in [5.74, 6) is 0. The molecular formula is C11H13ClN2O. The van der Waals surface area contributed by atoms with Crippen LogP contribution in [-0.2, 0) is 6.54 Å². The molecule has 15 heavy (non-hydrogen) atoms. The summed E-state index contributed by atoms with van der Waals surface area (Å²) >= 11 is 5.73. The Morgan fingerprint density at radius 3 is 2.67 bits per heavy atom. The fourth-order valence-corrected chi connectivity index (χ4v) is 1.12. The Morgan fingerprint density at radius 1 is 1.40 bits per heavy atom. The van der Waals surface area contributed by atoms with Crippen molar-refractivity contribution in [3.8, 4) is 0 Å². The molecule has 0 atom stereocenters. The van der Waals surface area contributed by atoms with Crippen LogP contribution in [0.1, 0.15) is 12.5 Å². The van der Waals surface area contributed by atoms with E-state index in [2.05, 4.69) is 10.6 Å². The first-order chi connectivity index (χ1) is 7.22. The van der Waals surface area contributed by atoms with Crippen molar-refractivity contribution in [2.24, 2.45) is 0 Å². The second-order valence-corrected chi connectivity index (χ2v) is 3.39. The molecular weight excluding hydrogens is 212 g/mol. The number of hydrogen-bond donors (Lipinski definition) is 2. The number of halogens is 1. The molecule has 0 saturated carbocycles. The van der Waals surface area contributed by atoms with Gasteiger partial charge < -0.3 is 10.6 Å². The van der Waals surface area contributed by atoms with E-state index in [1.165, 1.54) is 0 Å². The molecule has 0 radical (unpaired) electrons. The number of benzene rings is 1. The normalized spacial score (nSPS) is 10.3. The van der Waals surface area contributed by atoms with Crippen LogP contribution in [0.15, 0.2) is 36.5 Å². The van der Waals surface area contributed by atoms with Crippen LogP contribution in [0.2, 0.25) is 5.02 Å². The molecule has 4 heteroatoms. The fraction of sp³-hybridized carbons (Fsp3) is 0.182. The molecule has 0 spiro atoms. The predicted molar refractivity (Wildman–Crippen MR) is 61.6 cm³/mol. The molecule has 0 unspecified atom stereocenters. The van der Waals surface area contributed by atoms with E-state index in [-0.39, 0.29) is 6.03 Å². The number of hydrogen-bond acceptors (Lipinski definition) is 1. The lowest BCUT2D eigenvalue weighted by Crippen LogP contribution is -2.31. The van der Waals surface area contributed by atoms with Gasteiger partial charge in [-0.1, -0.05) is 29.8 Å². The Morgan fingerprint density at radius 2 is 2.07 bits per heavy atom. The van der Waals surface area contributed by atoms with Gasteiger partial charge in [-0.3, -0.25) is 0 Å². The van der Waals surface area contributed by atoms with Crippen LogP contribution in [0.3, 0.4) is 0 Å². The van der Waals surface area contributed by atoms with E-state index in [1.54, 1.807) is 24.4 Å². The van der Waals surface area contributed by atoms with Gasteiger partial charge in [0.25, 0.3) is 0 Å². The smallest absolute Gasteiger partial charge is 0.319 e. The van der Waals surface area contributed by atoms with Crippen molar-refractivity contribution in [2.75, 3.05) is 0 Å². The van der Waals surface area contributed by atoms with Gasteiger partial charge in [-0.05, 0) is 24.6 Å². The van der Waals surface area contributed by atoms with Crippen molar-refractivity contribution in [2.45, 2.75) is 13.5 Å². The minimum absolute atomic E-state index is 0.219. The molecule has 0 aliphatic rings. The summed E-state index contributed by atoms with van der Waals surface area (Å²) in [5.41, 5.74) is 1.01. The molecule has 1 aromatic rings. The van der Waals surface area contributed by atoms with Crippen LogP contribution in [0.5, 0.6) is 0 Å². The zero-order valence-corrected chi connectivity index (χ0v) is 9.21. The highest BCUT2D eigenvalue weighted by Gasteiger charge is 1.97. The summed E-state index contributed by atoms with van der Waals surface area (Å²) in [6, 6.07) is 7.12. The molecule has 3 nitrogen and oxygen atoms in total. The van der Waals surface area contributed by atoms with Crippen LogP contribution >= 0.6 is 11.6 Å². The van der Waals surface area contributed by atoms with Crippen molar-refractivity contribution in [1.82, 2.24) is 10.6 Å². The van der Waals surface area contributed by atoms with E-state index in [9.17, 15) is 4.79 Å². The summed E-state index contributed by atoms with van der Waals surface area (Å²) in [7, 11) is 0. The summed E-state index contributed by atoms with van der Waals surface area (Å²) < 4.78 is 0. The first-order valence-electron chi connectivity index (χ1n) is 4.62. The summed E-state index contributed by atoms with van der Waals surface area (Å²) in [5, 5.41) is 5.96. The average molecular weight is 225 g/mol. The van der Waals surface area contributed by atoms with Gasteiger partial charge in [-0.25, -0.2) is 4.79 Å². The van der Waals surface area contributed by atoms with Gasteiger partial charge in [0, 0.05) is 17.8 Å². The van der Waals surface area contributed by atoms with Gasteiger partial charge in [-0.2, -0.15) is 0 Å². The van der Waals surface area contributed by atoms with E-state index < -0.39 is 0 Å². The van der Waals surface area contributed by atoms with E-state index in [0.29, 0.717) is 11.6 Å². The lowest BCUT2D eigenvalue weighted by molar-refractivity contribution is 0.243. The van der Waals surface area contributed by atoms with E-state index in [4.69, 9.17) is 11.6 Å². The van der Waals surface area contributed by atoms with Gasteiger partial charge in [-0.15, -0.1) is 0 Å². The van der Waals surface area contributed by atoms with E-state index in [1.807, 2.05) is 19.1 Å². The van der Waals surface area contributed by atoms with Crippen LogP contribution in [0.25, 0.3) is 0 Å². The third-order valence-corrected chi connectivity index (χ3v) is 2.00. The van der Waals surface area contributed by atoms with Crippen LogP contribution in [-0.4, -0.2) is 6.03 Å². The third-order valence-electron chi connectivity index (χ3n) is 1.75. The van der Waals surface area contributed by atoms with Gasteiger partial charge in [0.2, 0.25) is 0 Å². The molecule has 0 aliphatic heterocycles. The van der Waals surface area contributed by atoms with E-state index >= 15 is 0 Å². The number of allylic oxidation sites excluding steroid dienone is 1. The molecule has 2 N–H and O–H groups in total. The van der Waals surface area contributed by atoms with Crippen molar-refractivity contribution in [3.63, 3.8) is 0 Å². The standard InChI is InChI=1S/C11H13ClN2O/c1-2-7-13-11(15)14-8-9-3-5-10(12)6-4-9/h2-7H,8H2,1H3,(H2,13,14,15)/b7-2+. The molecule has 0 aliphatic carbocycles. The minimum Gasteiger partial charge on any atom is -0.334 e. The number of amides is 2. The molecule has 2 amide bonds. The first kappa shape index (κ1) is 11.6. The topological polar surface area (TPSA) is 41.1 Å². The predicted octanol–water partition coefficient (Wildman–Crippen LogP) is 2.67. The number of urea groups is 1. The second kappa shape index (κ2) is 6.09. The fourth-order valence-electron chi connectivity index (χ4n) is 0.995. The van der Waals surface area contributed by atoms with Gasteiger partial charge in [0.05, 0.1) is 0 Å². The largest absolute Gasteiger partial charge is 0.334 e. The van der Waals surface area contributed by atoms with Crippen molar-refractivity contribution in [1.29, 1.82) is 0 Å². The Balaban J connectivity index is 2.37. The van der Waals surface area contributed by atoms with Crippen molar-refractivity contribution < 1.29 is 4.79 Å². The maximum Gasteiger partial charge on any atom is 0.319 e. The van der Waals surface area contributed by atoms with Crippen LogP contribution < -0.4 is 10.6 Å². The highest BCUT2D eigenvalue weighted by molar-refractivity contribution is 6.30. The first-order valence-corrected chi connectivity index (χ1v) is 5.00. The SMILES string of the molecule is C/C=C/NC(=O)NCc1ccc(Cl)cc1. The molecule has 0 aromatic heterocycles. The van der Waals surface area contributed by atoms with Gasteiger partial charge in [0.1, 0.15) is 0 Å². The Hall–Kier alpha value is -1.48. The highest BCUT2D eigenvalue weighted by atomic mass is 35.5. The zero-order valence-electron chi connectivity index (χ0n) is 8.46. The summed E-state index contributed by atoms with van der Waals surface area (Å²) in [4.78, 5) is 11.1. The van der Waals surface area contributed by atoms with Crippen molar-refractivity contribution >= 4 is 17.6 Å². The maximum absolute atomic E-state index is 11.1. The number of rotatable bonds is 3. The number of nitrogens with one attached hydrogen (secondary N) is 2. The van der Waals surface area contributed by atoms with Crippen LogP contribution in [0, 0.1) is 0 Å². The molecule has 0 heterocycles. The summed E-state index contributed by atoms with van der Waals surface area (Å²) in [6.07, 6.45) is 3.33. The van der Waals surface area contributed by atoms with Gasteiger partial charge >= 0.3 is 6.03 Å². The average Bonchev–Trinajstić information content (AvgIpc) is 2.25. The van der Waals surface area contributed by atoms with Crippen LogP contribution in [0.4, 0.5) is 4.79 Å². The minimum atomic E-state index is -0.219. The third kappa shape index (κ3) is 4.51. The van der Waals surface area contributed by atoms with E-state index in [0.717, 1.165) is 5.56 Å². The molecule has 80 valence electrons. The van der Waals surface area contributed by atoms with Gasteiger partial charge in [0.15, 0.2) is 0 Å². The lowest BCUT2D eigenvalue weighted by Gasteiger charge is -2.04. The molecule has 1 rings (SSSR count).